The highest BCUT2D eigenvalue weighted by molar-refractivity contribution is 5.81. The summed E-state index contributed by atoms with van der Waals surface area (Å²) in [6.45, 7) is 2.31. The van der Waals surface area contributed by atoms with Gasteiger partial charge in [-0.15, -0.1) is 0 Å². The largest absolute Gasteiger partial charge is 0.465 e. The van der Waals surface area contributed by atoms with Gasteiger partial charge >= 0.3 is 5.97 Å². The molecule has 3 rings (SSSR count). The van der Waals surface area contributed by atoms with Gasteiger partial charge < -0.3 is 9.30 Å². The van der Waals surface area contributed by atoms with Gasteiger partial charge in [0, 0.05) is 24.5 Å². The summed E-state index contributed by atoms with van der Waals surface area (Å²) in [7, 11) is 0. The van der Waals surface area contributed by atoms with Crippen LogP contribution in [0.1, 0.15) is 45.1 Å². The standard InChI is InChI=1S/C14H21N3O2/c1-2-19-13(18)14(16-11-3-4-11)6-5-12(9-14)17-8-7-15-10-17/h7-8,10-12,16H,2-6,9H2,1H3. The van der Waals surface area contributed by atoms with Crippen LogP contribution in [0.25, 0.3) is 0 Å². The van der Waals surface area contributed by atoms with Crippen LogP contribution in [0.15, 0.2) is 18.7 Å². The fourth-order valence-corrected chi connectivity index (χ4v) is 3.02. The van der Waals surface area contributed by atoms with E-state index in [1.807, 2.05) is 19.4 Å². The Kier molecular flexibility index (Phi) is 3.31. The number of ether oxygens (including phenoxy) is 1. The second kappa shape index (κ2) is 4.96. The van der Waals surface area contributed by atoms with E-state index in [9.17, 15) is 4.79 Å². The molecule has 1 N–H and O–H groups in total. The van der Waals surface area contributed by atoms with Crippen molar-refractivity contribution in [2.24, 2.45) is 0 Å². The number of hydrogen-bond donors (Lipinski definition) is 1. The third-order valence-corrected chi connectivity index (χ3v) is 4.16. The fourth-order valence-electron chi connectivity index (χ4n) is 3.02. The first-order chi connectivity index (χ1) is 9.23. The average molecular weight is 263 g/mol. The Labute approximate surface area is 113 Å². The lowest BCUT2D eigenvalue weighted by Gasteiger charge is -2.28. The Morgan fingerprint density at radius 1 is 1.53 bits per heavy atom. The van der Waals surface area contributed by atoms with Gasteiger partial charge in [0.25, 0.3) is 0 Å². The number of hydrogen-bond acceptors (Lipinski definition) is 4. The number of imidazole rings is 1. The van der Waals surface area contributed by atoms with Crippen LogP contribution in [0.3, 0.4) is 0 Å². The Morgan fingerprint density at radius 2 is 2.37 bits per heavy atom. The number of esters is 1. The van der Waals surface area contributed by atoms with Crippen LogP contribution < -0.4 is 5.32 Å². The van der Waals surface area contributed by atoms with E-state index in [0.29, 0.717) is 18.7 Å². The Bertz CT molecular complexity index is 442. The zero-order valence-corrected chi connectivity index (χ0v) is 11.3. The first-order valence-electron chi connectivity index (χ1n) is 7.16. The van der Waals surface area contributed by atoms with Crippen LogP contribution in [-0.2, 0) is 9.53 Å². The van der Waals surface area contributed by atoms with E-state index in [2.05, 4.69) is 14.9 Å². The number of carbonyl (C=O) groups is 1. The predicted molar refractivity (Wildman–Crippen MR) is 70.6 cm³/mol. The molecule has 0 radical (unpaired) electrons. The second-order valence-electron chi connectivity index (χ2n) is 5.63. The van der Waals surface area contributed by atoms with E-state index >= 15 is 0 Å². The van der Waals surface area contributed by atoms with Crippen molar-refractivity contribution in [3.05, 3.63) is 18.7 Å². The Hall–Kier alpha value is -1.36. The number of carbonyl (C=O) groups excluding carboxylic acids is 1. The van der Waals surface area contributed by atoms with E-state index < -0.39 is 5.54 Å². The van der Waals surface area contributed by atoms with Crippen molar-refractivity contribution in [1.82, 2.24) is 14.9 Å². The normalized spacial score (nSPS) is 30.5. The van der Waals surface area contributed by atoms with E-state index in [-0.39, 0.29) is 5.97 Å². The minimum absolute atomic E-state index is 0.0792. The van der Waals surface area contributed by atoms with Crippen LogP contribution in [0.5, 0.6) is 0 Å². The lowest BCUT2D eigenvalue weighted by atomic mass is 9.97. The molecule has 2 saturated carbocycles. The van der Waals surface area contributed by atoms with Crippen molar-refractivity contribution in [2.45, 2.75) is 56.7 Å². The van der Waals surface area contributed by atoms with Crippen molar-refractivity contribution < 1.29 is 9.53 Å². The van der Waals surface area contributed by atoms with Gasteiger partial charge in [-0.1, -0.05) is 0 Å². The maximum atomic E-state index is 12.3. The van der Waals surface area contributed by atoms with Crippen molar-refractivity contribution >= 4 is 5.97 Å². The van der Waals surface area contributed by atoms with Gasteiger partial charge in [0.1, 0.15) is 5.54 Å². The zero-order chi connectivity index (χ0) is 13.3. The van der Waals surface area contributed by atoms with Gasteiger partial charge in [-0.25, -0.2) is 4.98 Å². The van der Waals surface area contributed by atoms with Crippen molar-refractivity contribution in [1.29, 1.82) is 0 Å². The summed E-state index contributed by atoms with van der Waals surface area (Å²) < 4.78 is 7.40. The van der Waals surface area contributed by atoms with Gasteiger partial charge in [-0.2, -0.15) is 0 Å². The summed E-state index contributed by atoms with van der Waals surface area (Å²) in [5.74, 6) is -0.0792. The van der Waals surface area contributed by atoms with Gasteiger partial charge in [-0.05, 0) is 39.0 Å². The summed E-state index contributed by atoms with van der Waals surface area (Å²) in [6.07, 6.45) is 10.6. The number of nitrogens with one attached hydrogen (secondary N) is 1. The molecule has 1 aromatic heterocycles. The van der Waals surface area contributed by atoms with Crippen LogP contribution in [0.2, 0.25) is 0 Å². The fraction of sp³-hybridized carbons (Fsp3) is 0.714. The summed E-state index contributed by atoms with van der Waals surface area (Å²) in [5, 5.41) is 3.53. The molecule has 5 heteroatoms. The first kappa shape index (κ1) is 12.7. The molecule has 2 aliphatic rings. The first-order valence-corrected chi connectivity index (χ1v) is 7.16. The maximum Gasteiger partial charge on any atom is 0.326 e. The molecule has 19 heavy (non-hydrogen) atoms. The van der Waals surface area contributed by atoms with E-state index in [1.165, 1.54) is 12.8 Å². The molecule has 2 atom stereocenters. The third kappa shape index (κ3) is 2.52. The van der Waals surface area contributed by atoms with Gasteiger partial charge in [0.05, 0.1) is 12.9 Å². The molecule has 0 saturated heterocycles. The summed E-state index contributed by atoms with van der Waals surface area (Å²) in [4.78, 5) is 16.4. The maximum absolute atomic E-state index is 12.3. The van der Waals surface area contributed by atoms with Gasteiger partial charge in [0.2, 0.25) is 0 Å². The monoisotopic (exact) mass is 263 g/mol. The van der Waals surface area contributed by atoms with Crippen molar-refractivity contribution in [3.8, 4) is 0 Å². The highest BCUT2D eigenvalue weighted by atomic mass is 16.5. The second-order valence-corrected chi connectivity index (χ2v) is 5.63. The molecule has 0 spiro atoms. The van der Waals surface area contributed by atoms with Crippen LogP contribution in [0.4, 0.5) is 0 Å². The molecule has 1 aromatic rings. The molecule has 2 fully saturated rings. The molecule has 1 heterocycles. The van der Waals surface area contributed by atoms with Gasteiger partial charge in [0.15, 0.2) is 0 Å². The molecule has 0 aromatic carbocycles. The molecule has 5 nitrogen and oxygen atoms in total. The minimum atomic E-state index is -0.480. The van der Waals surface area contributed by atoms with Crippen LogP contribution >= 0.6 is 0 Å². The molecule has 0 aliphatic heterocycles. The smallest absolute Gasteiger partial charge is 0.326 e. The van der Waals surface area contributed by atoms with Crippen molar-refractivity contribution in [2.75, 3.05) is 6.61 Å². The molecular weight excluding hydrogens is 242 g/mol. The minimum Gasteiger partial charge on any atom is -0.465 e. The Balaban J connectivity index is 1.75. The summed E-state index contributed by atoms with van der Waals surface area (Å²) >= 11 is 0. The average Bonchev–Trinajstić information content (AvgIpc) is 2.92. The highest BCUT2D eigenvalue weighted by Gasteiger charge is 2.49. The molecular formula is C14H21N3O2. The number of nitrogens with zero attached hydrogens (tertiary/aromatic N) is 2. The zero-order valence-electron chi connectivity index (χ0n) is 11.3. The van der Waals surface area contributed by atoms with Crippen molar-refractivity contribution in [3.63, 3.8) is 0 Å². The van der Waals surface area contributed by atoms with Gasteiger partial charge in [-0.3, -0.25) is 10.1 Å². The molecule has 2 unspecified atom stereocenters. The van der Waals surface area contributed by atoms with Crippen LogP contribution in [0, 0.1) is 0 Å². The summed E-state index contributed by atoms with van der Waals surface area (Å²) in [5.41, 5.74) is -0.480. The van der Waals surface area contributed by atoms with E-state index in [0.717, 1.165) is 19.3 Å². The van der Waals surface area contributed by atoms with E-state index in [1.54, 1.807) is 6.20 Å². The number of aromatic nitrogens is 2. The topological polar surface area (TPSA) is 56.1 Å². The quantitative estimate of drug-likeness (QED) is 0.821. The SMILES string of the molecule is CCOC(=O)C1(NC2CC2)CCC(n2ccnc2)C1. The number of rotatable bonds is 5. The van der Waals surface area contributed by atoms with Crippen LogP contribution in [-0.4, -0.2) is 33.7 Å². The lowest BCUT2D eigenvalue weighted by molar-refractivity contribution is -0.151. The highest BCUT2D eigenvalue weighted by Crippen LogP contribution is 2.40. The molecule has 104 valence electrons. The molecule has 0 bridgehead atoms. The predicted octanol–water partition coefficient (Wildman–Crippen LogP) is 1.66. The molecule has 2 aliphatic carbocycles. The molecule has 0 amide bonds. The third-order valence-electron chi connectivity index (χ3n) is 4.16. The Morgan fingerprint density at radius 3 is 3.00 bits per heavy atom. The lowest BCUT2D eigenvalue weighted by Crippen LogP contribution is -2.52. The van der Waals surface area contributed by atoms with E-state index in [4.69, 9.17) is 4.74 Å². The summed E-state index contributed by atoms with van der Waals surface area (Å²) in [6, 6.07) is 0.851.